The van der Waals surface area contributed by atoms with Gasteiger partial charge in [-0.1, -0.05) is 11.6 Å². The van der Waals surface area contributed by atoms with Crippen LogP contribution >= 0.6 is 11.6 Å². The van der Waals surface area contributed by atoms with Crippen molar-refractivity contribution in [1.29, 1.82) is 0 Å². The number of aryl methyl sites for hydroxylation is 2. The molecular weight excluding hydrogens is 303 g/mol. The predicted molar refractivity (Wildman–Crippen MR) is 76.1 cm³/mol. The quantitative estimate of drug-likeness (QED) is 0.923. The van der Waals surface area contributed by atoms with E-state index in [-0.39, 0.29) is 24.8 Å². The van der Waals surface area contributed by atoms with Crippen LogP contribution in [0.5, 0.6) is 0 Å². The van der Waals surface area contributed by atoms with Crippen LogP contribution in [-0.4, -0.2) is 22.0 Å². The van der Waals surface area contributed by atoms with E-state index in [1.807, 2.05) is 14.0 Å². The number of halogens is 4. The van der Waals surface area contributed by atoms with Crippen molar-refractivity contribution in [3.8, 4) is 0 Å². The minimum atomic E-state index is -4.07. The summed E-state index contributed by atoms with van der Waals surface area (Å²) >= 11 is 6.19. The molecule has 1 saturated carbocycles. The number of rotatable bonds is 3. The van der Waals surface area contributed by atoms with E-state index in [0.29, 0.717) is 24.3 Å². The smallest absolute Gasteiger partial charge is 0.327 e. The van der Waals surface area contributed by atoms with Crippen LogP contribution in [0.4, 0.5) is 13.2 Å². The molecule has 0 spiro atoms. The van der Waals surface area contributed by atoms with Crippen LogP contribution in [0.1, 0.15) is 37.1 Å². The highest BCUT2D eigenvalue weighted by Crippen LogP contribution is 2.40. The molecule has 0 aliphatic heterocycles. The van der Waals surface area contributed by atoms with E-state index >= 15 is 0 Å². The van der Waals surface area contributed by atoms with E-state index in [1.165, 1.54) is 0 Å². The molecule has 1 fully saturated rings. The van der Waals surface area contributed by atoms with Gasteiger partial charge in [-0.05, 0) is 38.5 Å². The molecule has 0 saturated heterocycles. The fourth-order valence-electron chi connectivity index (χ4n) is 3.17. The van der Waals surface area contributed by atoms with Gasteiger partial charge in [0.1, 0.15) is 0 Å². The van der Waals surface area contributed by atoms with Crippen LogP contribution in [0.25, 0.3) is 0 Å². The molecule has 7 heteroatoms. The van der Waals surface area contributed by atoms with Gasteiger partial charge in [0.15, 0.2) is 0 Å². The van der Waals surface area contributed by atoms with Crippen molar-refractivity contribution in [2.24, 2.45) is 24.6 Å². The molecule has 2 rings (SSSR count). The average molecular weight is 324 g/mol. The van der Waals surface area contributed by atoms with Gasteiger partial charge in [0.25, 0.3) is 0 Å². The Labute approximate surface area is 127 Å². The van der Waals surface area contributed by atoms with E-state index in [0.717, 1.165) is 11.4 Å². The summed E-state index contributed by atoms with van der Waals surface area (Å²) in [7, 11) is 1.81. The SMILES string of the molecule is Cc1nn(C)c(CC(N)C2CCC(C(F)(F)F)CC2)c1Cl. The maximum Gasteiger partial charge on any atom is 0.391 e. The zero-order chi connectivity index (χ0) is 15.8. The van der Waals surface area contributed by atoms with Crippen LogP contribution in [0.15, 0.2) is 0 Å². The molecule has 1 atom stereocenters. The molecule has 1 unspecified atom stereocenters. The van der Waals surface area contributed by atoms with Gasteiger partial charge in [-0.25, -0.2) is 0 Å². The standard InChI is InChI=1S/C14H21ClF3N3/c1-8-13(15)12(21(2)20-8)7-11(19)9-3-5-10(6-4-9)14(16,17)18/h9-11H,3-7,19H2,1-2H3. The first kappa shape index (κ1) is 16.6. The second-order valence-electron chi connectivity index (χ2n) is 5.99. The van der Waals surface area contributed by atoms with E-state index < -0.39 is 12.1 Å². The third kappa shape index (κ3) is 3.72. The number of nitrogens with zero attached hydrogens (tertiary/aromatic N) is 2. The van der Waals surface area contributed by atoms with Crippen molar-refractivity contribution in [2.75, 3.05) is 0 Å². The third-order valence-electron chi connectivity index (χ3n) is 4.53. The number of nitrogens with two attached hydrogens (primary N) is 1. The number of hydrogen-bond donors (Lipinski definition) is 1. The molecule has 1 aromatic rings. The Hall–Kier alpha value is -0.750. The van der Waals surface area contributed by atoms with Gasteiger partial charge >= 0.3 is 6.18 Å². The molecular formula is C14H21ClF3N3. The molecule has 0 bridgehead atoms. The summed E-state index contributed by atoms with van der Waals surface area (Å²) in [4.78, 5) is 0. The fourth-order valence-corrected chi connectivity index (χ4v) is 3.40. The summed E-state index contributed by atoms with van der Waals surface area (Å²) in [6, 6.07) is -0.175. The zero-order valence-corrected chi connectivity index (χ0v) is 13.0. The normalized spacial score (nSPS) is 25.1. The maximum atomic E-state index is 12.7. The summed E-state index contributed by atoms with van der Waals surface area (Å²) < 4.78 is 39.7. The zero-order valence-electron chi connectivity index (χ0n) is 12.3. The monoisotopic (exact) mass is 323 g/mol. The molecule has 1 heterocycles. The Morgan fingerprint density at radius 3 is 2.33 bits per heavy atom. The Kier molecular flexibility index (Phi) is 4.88. The molecule has 3 nitrogen and oxygen atoms in total. The van der Waals surface area contributed by atoms with Crippen molar-refractivity contribution in [3.05, 3.63) is 16.4 Å². The Morgan fingerprint density at radius 2 is 1.90 bits per heavy atom. The predicted octanol–water partition coefficient (Wildman–Crippen LogP) is 3.62. The Morgan fingerprint density at radius 1 is 1.33 bits per heavy atom. The van der Waals surface area contributed by atoms with Crippen LogP contribution in [0.2, 0.25) is 5.02 Å². The molecule has 2 N–H and O–H groups in total. The van der Waals surface area contributed by atoms with E-state index in [4.69, 9.17) is 17.3 Å². The number of hydrogen-bond acceptors (Lipinski definition) is 2. The van der Waals surface area contributed by atoms with Crippen LogP contribution in [-0.2, 0) is 13.5 Å². The van der Waals surface area contributed by atoms with Crippen molar-refractivity contribution in [3.63, 3.8) is 0 Å². The molecule has 0 amide bonds. The molecule has 1 aromatic heterocycles. The molecule has 0 radical (unpaired) electrons. The molecule has 0 aromatic carbocycles. The lowest BCUT2D eigenvalue weighted by molar-refractivity contribution is -0.184. The minimum absolute atomic E-state index is 0.120. The van der Waals surface area contributed by atoms with Crippen molar-refractivity contribution < 1.29 is 13.2 Å². The van der Waals surface area contributed by atoms with Crippen molar-refractivity contribution in [2.45, 2.75) is 51.2 Å². The van der Waals surface area contributed by atoms with Gasteiger partial charge in [0.2, 0.25) is 0 Å². The molecule has 120 valence electrons. The Balaban J connectivity index is 1.95. The van der Waals surface area contributed by atoms with E-state index in [2.05, 4.69) is 5.10 Å². The Bertz CT molecular complexity index is 490. The van der Waals surface area contributed by atoms with Crippen LogP contribution < -0.4 is 5.73 Å². The lowest BCUT2D eigenvalue weighted by Gasteiger charge is -2.33. The lowest BCUT2D eigenvalue weighted by Crippen LogP contribution is -2.37. The number of aromatic nitrogens is 2. The van der Waals surface area contributed by atoms with Gasteiger partial charge in [0, 0.05) is 19.5 Å². The van der Waals surface area contributed by atoms with Crippen molar-refractivity contribution in [1.82, 2.24) is 9.78 Å². The van der Waals surface area contributed by atoms with Gasteiger partial charge in [-0.2, -0.15) is 18.3 Å². The lowest BCUT2D eigenvalue weighted by atomic mass is 9.77. The second-order valence-corrected chi connectivity index (χ2v) is 6.37. The fraction of sp³-hybridized carbons (Fsp3) is 0.786. The van der Waals surface area contributed by atoms with Gasteiger partial charge in [0.05, 0.1) is 22.3 Å². The van der Waals surface area contributed by atoms with Gasteiger partial charge in [-0.15, -0.1) is 0 Å². The van der Waals surface area contributed by atoms with Crippen molar-refractivity contribution >= 4 is 11.6 Å². The topological polar surface area (TPSA) is 43.8 Å². The summed E-state index contributed by atoms with van der Waals surface area (Å²) in [6.07, 6.45) is -2.10. The van der Waals surface area contributed by atoms with Crippen LogP contribution in [0.3, 0.4) is 0 Å². The first-order valence-corrected chi connectivity index (χ1v) is 7.58. The van der Waals surface area contributed by atoms with Gasteiger partial charge in [-0.3, -0.25) is 4.68 Å². The molecule has 1 aliphatic rings. The largest absolute Gasteiger partial charge is 0.391 e. The number of alkyl halides is 3. The average Bonchev–Trinajstić information content (AvgIpc) is 2.64. The first-order valence-electron chi connectivity index (χ1n) is 7.20. The highest BCUT2D eigenvalue weighted by atomic mass is 35.5. The second kappa shape index (κ2) is 6.16. The summed E-state index contributed by atoms with van der Waals surface area (Å²) in [5.41, 5.74) is 7.81. The van der Waals surface area contributed by atoms with Gasteiger partial charge < -0.3 is 5.73 Å². The van der Waals surface area contributed by atoms with E-state index in [9.17, 15) is 13.2 Å². The highest BCUT2D eigenvalue weighted by molar-refractivity contribution is 6.31. The first-order chi connectivity index (χ1) is 9.70. The summed E-state index contributed by atoms with van der Waals surface area (Å²) in [5, 5.41) is 4.84. The summed E-state index contributed by atoms with van der Waals surface area (Å²) in [6.45, 7) is 1.83. The van der Waals surface area contributed by atoms with E-state index in [1.54, 1.807) is 4.68 Å². The molecule has 21 heavy (non-hydrogen) atoms. The summed E-state index contributed by atoms with van der Waals surface area (Å²) in [5.74, 6) is -1.04. The van der Waals surface area contributed by atoms with Crippen LogP contribution in [0, 0.1) is 18.8 Å². The third-order valence-corrected chi connectivity index (χ3v) is 5.02. The maximum absolute atomic E-state index is 12.7. The highest BCUT2D eigenvalue weighted by Gasteiger charge is 2.42. The minimum Gasteiger partial charge on any atom is -0.327 e. The molecule has 1 aliphatic carbocycles.